The molecule has 2 rings (SSSR count). The largest absolute Gasteiger partial charge is 0.382 e. The Morgan fingerprint density at radius 2 is 2.14 bits per heavy atom. The molecule has 1 nitrogen and oxygen atoms in total. The standard InChI is InChI=1S/C11H13BrClN/c1-7-4-9(5-7)14-8-2-3-11(13)10(12)6-8/h2-3,6-7,9,14H,4-5H2,1H3. The van der Waals surface area contributed by atoms with Crippen LogP contribution in [0.5, 0.6) is 0 Å². The molecule has 0 saturated heterocycles. The molecule has 1 saturated carbocycles. The van der Waals surface area contributed by atoms with Crippen LogP contribution in [-0.2, 0) is 0 Å². The summed E-state index contributed by atoms with van der Waals surface area (Å²) in [7, 11) is 0. The summed E-state index contributed by atoms with van der Waals surface area (Å²) in [5, 5.41) is 4.25. The number of rotatable bonds is 2. The maximum atomic E-state index is 5.91. The van der Waals surface area contributed by atoms with Crippen LogP contribution in [0.1, 0.15) is 19.8 Å². The first kappa shape index (κ1) is 10.3. The smallest absolute Gasteiger partial charge is 0.0549 e. The van der Waals surface area contributed by atoms with Crippen LogP contribution in [0.25, 0.3) is 0 Å². The Balaban J connectivity index is 2.00. The molecule has 1 N–H and O–H groups in total. The Labute approximate surface area is 98.0 Å². The molecule has 0 spiro atoms. The minimum absolute atomic E-state index is 0.651. The van der Waals surface area contributed by atoms with Crippen molar-refractivity contribution >= 4 is 33.2 Å². The summed E-state index contributed by atoms with van der Waals surface area (Å²) in [6, 6.07) is 6.62. The van der Waals surface area contributed by atoms with Gasteiger partial charge in [-0.2, -0.15) is 0 Å². The minimum Gasteiger partial charge on any atom is -0.382 e. The van der Waals surface area contributed by atoms with Gasteiger partial charge in [-0.1, -0.05) is 18.5 Å². The maximum absolute atomic E-state index is 5.91. The fourth-order valence-corrected chi connectivity index (χ4v) is 2.34. The van der Waals surface area contributed by atoms with Gasteiger partial charge in [-0.25, -0.2) is 0 Å². The average Bonchev–Trinajstić information content (AvgIpc) is 2.09. The van der Waals surface area contributed by atoms with Crippen molar-refractivity contribution in [3.05, 3.63) is 27.7 Å². The Morgan fingerprint density at radius 1 is 1.43 bits per heavy atom. The van der Waals surface area contributed by atoms with Gasteiger partial charge in [0.1, 0.15) is 0 Å². The van der Waals surface area contributed by atoms with Crippen molar-refractivity contribution in [3.63, 3.8) is 0 Å². The predicted molar refractivity (Wildman–Crippen MR) is 65.0 cm³/mol. The Kier molecular flexibility index (Phi) is 3.03. The fourth-order valence-electron chi connectivity index (χ4n) is 1.84. The van der Waals surface area contributed by atoms with E-state index in [9.17, 15) is 0 Å². The summed E-state index contributed by atoms with van der Waals surface area (Å²) < 4.78 is 0.955. The molecule has 0 atom stereocenters. The summed E-state index contributed by atoms with van der Waals surface area (Å²) in [4.78, 5) is 0. The summed E-state index contributed by atoms with van der Waals surface area (Å²) in [6.45, 7) is 2.29. The molecule has 0 bridgehead atoms. The van der Waals surface area contributed by atoms with Gasteiger partial charge >= 0.3 is 0 Å². The van der Waals surface area contributed by atoms with E-state index in [1.807, 2.05) is 18.2 Å². The highest BCUT2D eigenvalue weighted by molar-refractivity contribution is 9.10. The van der Waals surface area contributed by atoms with Gasteiger partial charge in [0.15, 0.2) is 0 Å². The van der Waals surface area contributed by atoms with E-state index in [1.54, 1.807) is 0 Å². The zero-order chi connectivity index (χ0) is 10.1. The number of nitrogens with one attached hydrogen (secondary N) is 1. The van der Waals surface area contributed by atoms with Crippen LogP contribution < -0.4 is 5.32 Å². The van der Waals surface area contributed by atoms with Gasteiger partial charge in [-0.05, 0) is 52.9 Å². The van der Waals surface area contributed by atoms with E-state index in [2.05, 4.69) is 28.2 Å². The molecule has 0 unspecified atom stereocenters. The van der Waals surface area contributed by atoms with Gasteiger partial charge in [0.25, 0.3) is 0 Å². The van der Waals surface area contributed by atoms with Crippen LogP contribution in [0.2, 0.25) is 5.02 Å². The van der Waals surface area contributed by atoms with Crippen molar-refractivity contribution in [2.75, 3.05) is 5.32 Å². The van der Waals surface area contributed by atoms with Gasteiger partial charge in [-0.15, -0.1) is 0 Å². The summed E-state index contributed by atoms with van der Waals surface area (Å²) >= 11 is 9.33. The molecule has 1 aliphatic rings. The highest BCUT2D eigenvalue weighted by Gasteiger charge is 2.24. The molecule has 3 heteroatoms. The molecular weight excluding hydrogens is 261 g/mol. The molecule has 0 amide bonds. The van der Waals surface area contributed by atoms with Gasteiger partial charge in [0.2, 0.25) is 0 Å². The van der Waals surface area contributed by atoms with Crippen molar-refractivity contribution in [1.82, 2.24) is 0 Å². The van der Waals surface area contributed by atoms with E-state index >= 15 is 0 Å². The van der Waals surface area contributed by atoms with Gasteiger partial charge in [-0.3, -0.25) is 0 Å². The zero-order valence-electron chi connectivity index (χ0n) is 8.06. The predicted octanol–water partition coefficient (Wildman–Crippen LogP) is 4.31. The van der Waals surface area contributed by atoms with E-state index < -0.39 is 0 Å². The molecule has 76 valence electrons. The Bertz CT molecular complexity index is 334. The first-order chi connectivity index (χ1) is 6.65. The molecule has 0 radical (unpaired) electrons. The molecule has 0 aromatic heterocycles. The topological polar surface area (TPSA) is 12.0 Å². The third-order valence-electron chi connectivity index (χ3n) is 2.66. The first-order valence-electron chi connectivity index (χ1n) is 4.87. The quantitative estimate of drug-likeness (QED) is 0.847. The van der Waals surface area contributed by atoms with Crippen LogP contribution in [0.15, 0.2) is 22.7 Å². The molecule has 1 fully saturated rings. The van der Waals surface area contributed by atoms with Crippen molar-refractivity contribution in [3.8, 4) is 0 Å². The van der Waals surface area contributed by atoms with E-state index in [0.717, 1.165) is 21.1 Å². The lowest BCUT2D eigenvalue weighted by Crippen LogP contribution is -2.33. The van der Waals surface area contributed by atoms with Crippen molar-refractivity contribution in [2.45, 2.75) is 25.8 Å². The number of anilines is 1. The molecule has 1 aliphatic carbocycles. The lowest BCUT2D eigenvalue weighted by atomic mass is 9.82. The van der Waals surface area contributed by atoms with E-state index in [1.165, 1.54) is 12.8 Å². The Morgan fingerprint density at radius 3 is 2.71 bits per heavy atom. The van der Waals surface area contributed by atoms with Gasteiger partial charge < -0.3 is 5.32 Å². The number of hydrogen-bond donors (Lipinski definition) is 1. The maximum Gasteiger partial charge on any atom is 0.0549 e. The summed E-state index contributed by atoms with van der Waals surface area (Å²) in [6.07, 6.45) is 2.56. The summed E-state index contributed by atoms with van der Waals surface area (Å²) in [5.41, 5.74) is 1.15. The number of hydrogen-bond acceptors (Lipinski definition) is 1. The van der Waals surface area contributed by atoms with Crippen LogP contribution in [0.3, 0.4) is 0 Å². The van der Waals surface area contributed by atoms with Crippen LogP contribution in [-0.4, -0.2) is 6.04 Å². The second-order valence-corrected chi connectivity index (χ2v) is 5.31. The van der Waals surface area contributed by atoms with Crippen molar-refractivity contribution in [1.29, 1.82) is 0 Å². The monoisotopic (exact) mass is 273 g/mol. The molecule has 1 aromatic rings. The van der Waals surface area contributed by atoms with Crippen molar-refractivity contribution < 1.29 is 0 Å². The lowest BCUT2D eigenvalue weighted by Gasteiger charge is -2.34. The zero-order valence-corrected chi connectivity index (χ0v) is 10.4. The summed E-state index contributed by atoms with van der Waals surface area (Å²) in [5.74, 6) is 0.878. The second-order valence-electron chi connectivity index (χ2n) is 4.05. The lowest BCUT2D eigenvalue weighted by molar-refractivity contribution is 0.309. The third kappa shape index (κ3) is 2.23. The highest BCUT2D eigenvalue weighted by atomic mass is 79.9. The molecule has 0 aliphatic heterocycles. The third-order valence-corrected chi connectivity index (χ3v) is 3.88. The van der Waals surface area contributed by atoms with Crippen LogP contribution in [0.4, 0.5) is 5.69 Å². The van der Waals surface area contributed by atoms with Crippen molar-refractivity contribution in [2.24, 2.45) is 5.92 Å². The number of benzene rings is 1. The molecule has 14 heavy (non-hydrogen) atoms. The normalized spacial score (nSPS) is 25.6. The van der Waals surface area contributed by atoms with E-state index in [0.29, 0.717) is 6.04 Å². The molecule has 0 heterocycles. The Hall–Kier alpha value is -0.210. The second kappa shape index (κ2) is 4.11. The SMILES string of the molecule is CC1CC(Nc2ccc(Cl)c(Br)c2)C1. The van der Waals surface area contributed by atoms with Crippen LogP contribution in [0, 0.1) is 5.92 Å². The van der Waals surface area contributed by atoms with Gasteiger partial charge in [0, 0.05) is 16.2 Å². The molecular formula is C11H13BrClN. The van der Waals surface area contributed by atoms with E-state index in [-0.39, 0.29) is 0 Å². The van der Waals surface area contributed by atoms with Crippen LogP contribution >= 0.6 is 27.5 Å². The van der Waals surface area contributed by atoms with Gasteiger partial charge in [0.05, 0.1) is 5.02 Å². The minimum atomic E-state index is 0.651. The first-order valence-corrected chi connectivity index (χ1v) is 6.04. The van der Waals surface area contributed by atoms with E-state index in [4.69, 9.17) is 11.6 Å². The average molecular weight is 275 g/mol. The fraction of sp³-hybridized carbons (Fsp3) is 0.455. The number of halogens is 2. The highest BCUT2D eigenvalue weighted by Crippen LogP contribution is 2.31. The molecule has 1 aromatic carbocycles.